The zero-order valence-electron chi connectivity index (χ0n) is 40.4. The average Bonchev–Trinajstić information content (AvgIpc) is 4.17. The van der Waals surface area contributed by atoms with Gasteiger partial charge in [-0.05, 0) is 130 Å². The zero-order chi connectivity index (χ0) is 48.4. The molecule has 15 rings (SSSR count). The molecule has 11 aromatic carbocycles. The molecule has 0 spiro atoms. The van der Waals surface area contributed by atoms with Crippen LogP contribution in [0.1, 0.15) is 25.0 Å². The minimum Gasteiger partial charge on any atom is -0.309 e. The van der Waals surface area contributed by atoms with Crippen molar-refractivity contribution in [2.75, 3.05) is 4.90 Å². The van der Waals surface area contributed by atoms with Gasteiger partial charge in [-0.15, -0.1) is 11.3 Å². The van der Waals surface area contributed by atoms with Crippen LogP contribution in [0.5, 0.6) is 0 Å². The number of nitrogens with zero attached hydrogens (tertiary/aromatic N) is 3. The summed E-state index contributed by atoms with van der Waals surface area (Å²) in [4.78, 5) is 2.47. The van der Waals surface area contributed by atoms with Gasteiger partial charge in [-0.2, -0.15) is 0 Å². The summed E-state index contributed by atoms with van der Waals surface area (Å²) in [5.41, 5.74) is 20.8. The van der Waals surface area contributed by atoms with Gasteiger partial charge in [-0.3, -0.25) is 0 Å². The molecule has 0 unspecified atom stereocenters. The number of hydrogen-bond donors (Lipinski definition) is 0. The van der Waals surface area contributed by atoms with Crippen LogP contribution >= 0.6 is 11.3 Å². The van der Waals surface area contributed by atoms with Gasteiger partial charge in [0, 0.05) is 70.7 Å². The van der Waals surface area contributed by atoms with Crippen molar-refractivity contribution in [2.24, 2.45) is 0 Å². The Kier molecular flexibility index (Phi) is 9.17. The summed E-state index contributed by atoms with van der Waals surface area (Å²) in [6, 6.07) is 91.8. The lowest BCUT2D eigenvalue weighted by Crippen LogP contribution is -2.14. The topological polar surface area (TPSA) is 13.1 Å². The molecule has 344 valence electrons. The molecule has 0 atom stereocenters. The summed E-state index contributed by atoms with van der Waals surface area (Å²) in [7, 11) is 0. The molecule has 14 aromatic rings. The van der Waals surface area contributed by atoms with E-state index < -0.39 is 0 Å². The van der Waals surface area contributed by atoms with Gasteiger partial charge in [0.1, 0.15) is 0 Å². The van der Waals surface area contributed by atoms with Crippen molar-refractivity contribution in [3.8, 4) is 44.8 Å². The fraction of sp³-hybridized carbons (Fsp3) is 0.0435. The lowest BCUT2D eigenvalue weighted by molar-refractivity contribution is 0.661. The molecular weight excluding hydrogens is 903 g/mol. The SMILES string of the molecule is CC1(C)c2ccccc2-c2c1ccc1c2sc2c(N(c3ccc(-c4ccc5c(c4)c4ccccc4n5-c4ccccc4)cc3)c3ccc(-c4ccc5c(c4)c4ccccc4n5-c4ccccc4)cc3)cccc21. The summed E-state index contributed by atoms with van der Waals surface area (Å²) >= 11 is 1.93. The molecule has 1 aliphatic rings. The van der Waals surface area contributed by atoms with Crippen molar-refractivity contribution in [3.63, 3.8) is 0 Å². The summed E-state index contributed by atoms with van der Waals surface area (Å²) in [6.07, 6.45) is 0. The first-order valence-corrected chi connectivity index (χ1v) is 26.1. The third-order valence-electron chi connectivity index (χ3n) is 15.7. The number of thiophene rings is 1. The highest BCUT2D eigenvalue weighted by atomic mass is 32.1. The highest BCUT2D eigenvalue weighted by Gasteiger charge is 2.37. The molecule has 0 aliphatic heterocycles. The minimum absolute atomic E-state index is 0.0678. The van der Waals surface area contributed by atoms with Gasteiger partial charge in [-0.25, -0.2) is 0 Å². The molecule has 0 bridgehead atoms. The summed E-state index contributed by atoms with van der Waals surface area (Å²) in [5.74, 6) is 0. The predicted molar refractivity (Wildman–Crippen MR) is 311 cm³/mol. The first-order chi connectivity index (χ1) is 36.0. The minimum atomic E-state index is -0.0678. The molecule has 0 saturated heterocycles. The molecule has 4 heteroatoms. The van der Waals surface area contributed by atoms with E-state index in [0.29, 0.717) is 0 Å². The largest absolute Gasteiger partial charge is 0.309 e. The van der Waals surface area contributed by atoms with Gasteiger partial charge in [0.15, 0.2) is 0 Å². The Labute approximate surface area is 427 Å². The second kappa shape index (κ2) is 16.0. The van der Waals surface area contributed by atoms with Crippen LogP contribution < -0.4 is 4.90 Å². The van der Waals surface area contributed by atoms with Crippen molar-refractivity contribution in [3.05, 3.63) is 260 Å². The maximum Gasteiger partial charge on any atom is 0.0640 e. The number of rotatable bonds is 7. The van der Waals surface area contributed by atoms with Crippen molar-refractivity contribution in [2.45, 2.75) is 19.3 Å². The van der Waals surface area contributed by atoms with E-state index in [1.807, 2.05) is 11.3 Å². The predicted octanol–water partition coefficient (Wildman–Crippen LogP) is 19.4. The molecule has 0 fully saturated rings. The molecule has 0 saturated carbocycles. The second-order valence-electron chi connectivity index (χ2n) is 20.1. The van der Waals surface area contributed by atoms with Crippen molar-refractivity contribution in [1.29, 1.82) is 0 Å². The molecule has 0 radical (unpaired) electrons. The van der Waals surface area contributed by atoms with E-state index in [0.717, 1.165) is 11.4 Å². The van der Waals surface area contributed by atoms with Gasteiger partial charge in [0.25, 0.3) is 0 Å². The van der Waals surface area contributed by atoms with Gasteiger partial charge in [0.05, 0.1) is 32.5 Å². The Morgan fingerprint density at radius 3 is 1.38 bits per heavy atom. The molecule has 73 heavy (non-hydrogen) atoms. The standard InChI is InChI=1S/C69H47N3S/c1-69(2)59-24-12-9-22-56(59)66-60(69)39-38-55-54-23-15-27-65(67(54)73-68(55)66)70(50-34-28-44(29-35-50)46-32-40-63-57(42-46)52-20-10-13-25-61(52)71(63)48-16-5-3-6-17-48)51-36-30-45(31-37-51)47-33-41-64-58(43-47)53-21-11-14-26-62(53)72(64)49-18-7-4-8-19-49/h3-43H,1-2H3. The third kappa shape index (κ3) is 6.30. The summed E-state index contributed by atoms with van der Waals surface area (Å²) < 4.78 is 7.40. The normalized spacial score (nSPS) is 12.9. The van der Waals surface area contributed by atoms with E-state index in [4.69, 9.17) is 0 Å². The lowest BCUT2D eigenvalue weighted by Gasteiger charge is -2.26. The van der Waals surface area contributed by atoms with Crippen LogP contribution in [0.2, 0.25) is 0 Å². The van der Waals surface area contributed by atoms with E-state index in [1.165, 1.54) is 125 Å². The maximum absolute atomic E-state index is 2.47. The number of benzene rings is 11. The van der Waals surface area contributed by atoms with Gasteiger partial charge >= 0.3 is 0 Å². The van der Waals surface area contributed by atoms with Gasteiger partial charge in [0.2, 0.25) is 0 Å². The first-order valence-electron chi connectivity index (χ1n) is 25.2. The molecule has 3 nitrogen and oxygen atoms in total. The van der Waals surface area contributed by atoms with E-state index >= 15 is 0 Å². The van der Waals surface area contributed by atoms with Crippen LogP contribution in [0.25, 0.3) is 109 Å². The summed E-state index contributed by atoms with van der Waals surface area (Å²) in [6.45, 7) is 4.75. The number of aromatic nitrogens is 2. The number of fused-ring (bicyclic) bond motifs is 13. The van der Waals surface area contributed by atoms with Crippen LogP contribution in [-0.2, 0) is 5.41 Å². The van der Waals surface area contributed by atoms with E-state index in [2.05, 4.69) is 277 Å². The highest BCUT2D eigenvalue weighted by molar-refractivity contribution is 7.27. The smallest absolute Gasteiger partial charge is 0.0640 e. The molecule has 1 aliphatic carbocycles. The van der Waals surface area contributed by atoms with Crippen LogP contribution in [0.3, 0.4) is 0 Å². The van der Waals surface area contributed by atoms with E-state index in [9.17, 15) is 0 Å². The van der Waals surface area contributed by atoms with E-state index in [1.54, 1.807) is 0 Å². The first kappa shape index (κ1) is 41.8. The Balaban J connectivity index is 0.871. The number of hydrogen-bond acceptors (Lipinski definition) is 2. The van der Waals surface area contributed by atoms with Gasteiger partial charge in [-0.1, -0.05) is 172 Å². The van der Waals surface area contributed by atoms with Gasteiger partial charge < -0.3 is 14.0 Å². The molecular formula is C69H47N3S. The highest BCUT2D eigenvalue weighted by Crippen LogP contribution is 2.55. The van der Waals surface area contributed by atoms with E-state index in [-0.39, 0.29) is 5.41 Å². The Morgan fingerprint density at radius 1 is 0.342 bits per heavy atom. The number of anilines is 3. The van der Waals surface area contributed by atoms with Crippen LogP contribution in [-0.4, -0.2) is 9.13 Å². The monoisotopic (exact) mass is 949 g/mol. The second-order valence-corrected chi connectivity index (χ2v) is 21.1. The molecule has 0 amide bonds. The molecule has 0 N–H and O–H groups in total. The summed E-state index contributed by atoms with van der Waals surface area (Å²) in [5, 5.41) is 7.60. The average molecular weight is 950 g/mol. The van der Waals surface area contributed by atoms with Crippen LogP contribution in [0.4, 0.5) is 17.1 Å². The quantitative estimate of drug-likeness (QED) is 0.155. The Bertz CT molecular complexity index is 4300. The fourth-order valence-electron chi connectivity index (χ4n) is 12.3. The third-order valence-corrected chi connectivity index (χ3v) is 17.0. The molecule has 3 aromatic heterocycles. The van der Waals surface area contributed by atoms with Crippen molar-refractivity contribution in [1.82, 2.24) is 9.13 Å². The van der Waals surface area contributed by atoms with Crippen molar-refractivity contribution < 1.29 is 0 Å². The lowest BCUT2D eigenvalue weighted by atomic mass is 9.82. The fourth-order valence-corrected chi connectivity index (χ4v) is 13.6. The van der Waals surface area contributed by atoms with Crippen LogP contribution in [0, 0.1) is 0 Å². The van der Waals surface area contributed by atoms with Crippen molar-refractivity contribution >= 4 is 92.2 Å². The Hall–Kier alpha value is -8.96. The molecule has 3 heterocycles. The zero-order valence-corrected chi connectivity index (χ0v) is 41.2. The number of para-hydroxylation sites is 4. The van der Waals surface area contributed by atoms with Crippen LogP contribution in [0.15, 0.2) is 249 Å². The Morgan fingerprint density at radius 2 is 0.808 bits per heavy atom. The maximum atomic E-state index is 2.47.